The summed E-state index contributed by atoms with van der Waals surface area (Å²) in [6, 6.07) is 18.0. The van der Waals surface area contributed by atoms with Crippen molar-refractivity contribution in [3.05, 3.63) is 105 Å². The van der Waals surface area contributed by atoms with Gasteiger partial charge in [0.15, 0.2) is 0 Å². The average Bonchev–Trinajstić information content (AvgIpc) is 3.51. The fraction of sp³-hybridized carbons (Fsp3) is 0.227. The summed E-state index contributed by atoms with van der Waals surface area (Å²) in [5.41, 5.74) is -0.610. The lowest BCUT2D eigenvalue weighted by molar-refractivity contribution is 0.0946. The van der Waals surface area contributed by atoms with Gasteiger partial charge in [0.2, 0.25) is 5.82 Å². The van der Waals surface area contributed by atoms with Crippen LogP contribution in [0.3, 0.4) is 0 Å². The minimum atomic E-state index is -1.22. The van der Waals surface area contributed by atoms with Gasteiger partial charge in [0.25, 0.3) is 11.5 Å². The summed E-state index contributed by atoms with van der Waals surface area (Å²) in [5.74, 6) is -1.09. The topological polar surface area (TPSA) is 61.1 Å². The Morgan fingerprint density at radius 2 is 1.64 bits per heavy atom. The van der Waals surface area contributed by atoms with Crippen molar-refractivity contribution < 1.29 is 9.18 Å². The zero-order valence-corrected chi connectivity index (χ0v) is 15.1. The summed E-state index contributed by atoms with van der Waals surface area (Å²) in [7, 11) is 0. The first-order chi connectivity index (χ1) is 13.6. The molecule has 0 aliphatic heterocycles. The Morgan fingerprint density at radius 3 is 2.32 bits per heavy atom. The Balaban J connectivity index is 1.56. The van der Waals surface area contributed by atoms with E-state index in [1.807, 2.05) is 18.2 Å². The van der Waals surface area contributed by atoms with Gasteiger partial charge in [0.1, 0.15) is 0 Å². The maximum absolute atomic E-state index is 14.1. The van der Waals surface area contributed by atoms with Crippen molar-refractivity contribution in [2.24, 2.45) is 5.92 Å². The molecule has 0 N–H and O–H groups in total. The number of benzene rings is 2. The summed E-state index contributed by atoms with van der Waals surface area (Å²) < 4.78 is 15.6. The van der Waals surface area contributed by atoms with Gasteiger partial charge in [-0.05, 0) is 42.4 Å². The molecule has 0 radical (unpaired) electrons. The van der Waals surface area contributed by atoms with E-state index < -0.39 is 23.0 Å². The van der Waals surface area contributed by atoms with Crippen LogP contribution in [0, 0.1) is 11.7 Å². The van der Waals surface area contributed by atoms with Crippen LogP contribution in [0.15, 0.2) is 76.4 Å². The number of carbonyl (C=O) groups is 1. The maximum atomic E-state index is 14.1. The molecule has 2 atom stereocenters. The van der Waals surface area contributed by atoms with Gasteiger partial charge in [-0.25, -0.2) is 4.79 Å². The molecule has 3 aromatic rings. The van der Waals surface area contributed by atoms with Crippen LogP contribution < -0.4 is 11.2 Å². The van der Waals surface area contributed by atoms with E-state index in [1.165, 1.54) is 17.7 Å². The van der Waals surface area contributed by atoms with E-state index in [4.69, 9.17) is 0 Å². The standard InChI is InChI=1S/C22H19FN2O3/c23-19-14-24(12-11-17-13-18(17)15-7-3-1-4-8-15)22(28)25(21(19)27)20(26)16-9-5-2-6-10-16/h1-10,14,17-18H,11-13H2/t17-,18-/m0/s1. The molecule has 1 fully saturated rings. The van der Waals surface area contributed by atoms with Crippen LogP contribution >= 0.6 is 0 Å². The van der Waals surface area contributed by atoms with Crippen LogP contribution in [0.2, 0.25) is 0 Å². The number of rotatable bonds is 5. The number of aryl methyl sites for hydroxylation is 1. The summed E-state index contributed by atoms with van der Waals surface area (Å²) in [5, 5.41) is 0. The number of nitrogens with zero attached hydrogens (tertiary/aromatic N) is 2. The number of aromatic nitrogens is 2. The van der Waals surface area contributed by atoms with E-state index >= 15 is 0 Å². The van der Waals surface area contributed by atoms with Crippen molar-refractivity contribution in [1.29, 1.82) is 0 Å². The predicted molar refractivity (Wildman–Crippen MR) is 103 cm³/mol. The molecule has 1 heterocycles. The summed E-state index contributed by atoms with van der Waals surface area (Å²) in [4.78, 5) is 37.3. The first-order valence-electron chi connectivity index (χ1n) is 9.23. The number of hydrogen-bond acceptors (Lipinski definition) is 3. The fourth-order valence-corrected chi connectivity index (χ4v) is 3.60. The van der Waals surface area contributed by atoms with Gasteiger partial charge in [-0.2, -0.15) is 8.96 Å². The van der Waals surface area contributed by atoms with E-state index in [1.54, 1.807) is 18.2 Å². The molecule has 1 aromatic heterocycles. The second-order valence-corrected chi connectivity index (χ2v) is 7.07. The van der Waals surface area contributed by atoms with E-state index in [0.29, 0.717) is 22.8 Å². The van der Waals surface area contributed by atoms with Crippen LogP contribution in [0.5, 0.6) is 0 Å². The smallest absolute Gasteiger partial charge is 0.297 e. The van der Waals surface area contributed by atoms with Gasteiger partial charge in [0.05, 0.1) is 6.20 Å². The van der Waals surface area contributed by atoms with Crippen molar-refractivity contribution in [2.45, 2.75) is 25.3 Å². The van der Waals surface area contributed by atoms with Gasteiger partial charge in [-0.15, -0.1) is 0 Å². The van der Waals surface area contributed by atoms with Crippen LogP contribution in [0.1, 0.15) is 34.7 Å². The van der Waals surface area contributed by atoms with E-state index in [2.05, 4.69) is 12.1 Å². The SMILES string of the molecule is O=C(c1ccccc1)n1c(=O)c(F)cn(CC[C@H]2C[C@H]2c2ccccc2)c1=O. The molecule has 28 heavy (non-hydrogen) atoms. The quantitative estimate of drug-likeness (QED) is 0.686. The van der Waals surface area contributed by atoms with Crippen LogP contribution in [0.25, 0.3) is 0 Å². The third-order valence-electron chi connectivity index (χ3n) is 5.23. The maximum Gasteiger partial charge on any atom is 0.338 e. The summed E-state index contributed by atoms with van der Waals surface area (Å²) in [6.45, 7) is 0.256. The Hall–Kier alpha value is -3.28. The van der Waals surface area contributed by atoms with Crippen molar-refractivity contribution in [3.8, 4) is 0 Å². The van der Waals surface area contributed by atoms with Crippen molar-refractivity contribution >= 4 is 5.91 Å². The van der Waals surface area contributed by atoms with Crippen LogP contribution in [-0.2, 0) is 6.54 Å². The molecule has 6 heteroatoms. The lowest BCUT2D eigenvalue weighted by atomic mass is 10.1. The van der Waals surface area contributed by atoms with Gasteiger partial charge >= 0.3 is 5.69 Å². The summed E-state index contributed by atoms with van der Waals surface area (Å²) >= 11 is 0. The number of halogens is 1. The van der Waals surface area contributed by atoms with Crippen LogP contribution in [0.4, 0.5) is 4.39 Å². The molecule has 1 saturated carbocycles. The molecule has 0 amide bonds. The molecule has 2 aromatic carbocycles. The zero-order chi connectivity index (χ0) is 19.7. The van der Waals surface area contributed by atoms with Crippen molar-refractivity contribution in [2.75, 3.05) is 0 Å². The summed E-state index contributed by atoms with van der Waals surface area (Å²) in [6.07, 6.45) is 2.60. The fourth-order valence-electron chi connectivity index (χ4n) is 3.60. The highest BCUT2D eigenvalue weighted by atomic mass is 19.1. The number of hydrogen-bond donors (Lipinski definition) is 0. The number of carbonyl (C=O) groups excluding carboxylic acids is 1. The lowest BCUT2D eigenvalue weighted by Gasteiger charge is -2.10. The third kappa shape index (κ3) is 3.45. The largest absolute Gasteiger partial charge is 0.338 e. The van der Waals surface area contributed by atoms with Crippen molar-refractivity contribution in [3.63, 3.8) is 0 Å². The van der Waals surface area contributed by atoms with Gasteiger partial charge in [0, 0.05) is 12.1 Å². The molecular formula is C22H19FN2O3. The Labute approximate surface area is 160 Å². The van der Waals surface area contributed by atoms with Crippen molar-refractivity contribution in [1.82, 2.24) is 9.13 Å². The Kier molecular flexibility index (Phi) is 4.77. The molecule has 4 rings (SSSR count). The van der Waals surface area contributed by atoms with E-state index in [9.17, 15) is 18.8 Å². The molecule has 5 nitrogen and oxygen atoms in total. The van der Waals surface area contributed by atoms with Gasteiger partial charge in [-0.1, -0.05) is 48.5 Å². The monoisotopic (exact) mass is 378 g/mol. The molecular weight excluding hydrogens is 359 g/mol. The molecule has 0 spiro atoms. The highest BCUT2D eigenvalue weighted by Gasteiger charge is 2.37. The Bertz CT molecular complexity index is 1120. The van der Waals surface area contributed by atoms with E-state index in [-0.39, 0.29) is 12.1 Å². The molecule has 1 aliphatic rings. The molecule has 1 aliphatic carbocycles. The third-order valence-corrected chi connectivity index (χ3v) is 5.23. The molecule has 0 unspecified atom stereocenters. The molecule has 0 bridgehead atoms. The van der Waals surface area contributed by atoms with Gasteiger partial charge < -0.3 is 0 Å². The predicted octanol–water partition coefficient (Wildman–Crippen LogP) is 3.03. The lowest BCUT2D eigenvalue weighted by Crippen LogP contribution is -2.45. The minimum absolute atomic E-state index is 0.158. The highest BCUT2D eigenvalue weighted by Crippen LogP contribution is 2.49. The average molecular weight is 378 g/mol. The molecule has 0 saturated heterocycles. The second kappa shape index (κ2) is 7.38. The Morgan fingerprint density at radius 1 is 1.00 bits per heavy atom. The normalized spacial score (nSPS) is 18.0. The zero-order valence-electron chi connectivity index (χ0n) is 15.1. The first-order valence-corrected chi connectivity index (χ1v) is 9.23. The van der Waals surface area contributed by atoms with Gasteiger partial charge in [-0.3, -0.25) is 14.2 Å². The van der Waals surface area contributed by atoms with E-state index in [0.717, 1.165) is 17.2 Å². The molecule has 142 valence electrons. The van der Waals surface area contributed by atoms with Crippen LogP contribution in [-0.4, -0.2) is 15.0 Å². The first kappa shape index (κ1) is 18.1. The minimum Gasteiger partial charge on any atom is -0.297 e. The second-order valence-electron chi connectivity index (χ2n) is 7.07. The highest BCUT2D eigenvalue weighted by molar-refractivity contribution is 5.95.